The van der Waals surface area contributed by atoms with E-state index in [-0.39, 0.29) is 5.60 Å². The zero-order chi connectivity index (χ0) is 9.73. The summed E-state index contributed by atoms with van der Waals surface area (Å²) < 4.78 is 5.93. The zero-order valence-corrected chi connectivity index (χ0v) is 9.31. The Kier molecular flexibility index (Phi) is 4.20. The molecule has 0 amide bonds. The predicted molar refractivity (Wildman–Crippen MR) is 56.0 cm³/mol. The van der Waals surface area contributed by atoms with Crippen molar-refractivity contribution in [3.05, 3.63) is 0 Å². The quantitative estimate of drug-likeness (QED) is 0.666. The average molecular weight is 185 g/mol. The SMILES string of the molecule is CCCC1(OCC)CCN(C)CC1. The van der Waals surface area contributed by atoms with Crippen molar-refractivity contribution >= 4 is 0 Å². The summed E-state index contributed by atoms with van der Waals surface area (Å²) in [7, 11) is 2.20. The molecule has 1 rings (SSSR count). The Hall–Kier alpha value is -0.0800. The summed E-state index contributed by atoms with van der Waals surface area (Å²) in [5.41, 5.74) is 0.218. The van der Waals surface area contributed by atoms with Crippen LogP contribution in [0, 0.1) is 0 Å². The highest BCUT2D eigenvalue weighted by Crippen LogP contribution is 2.30. The minimum atomic E-state index is 0.218. The van der Waals surface area contributed by atoms with E-state index in [1.165, 1.54) is 38.8 Å². The predicted octanol–water partition coefficient (Wildman–Crippen LogP) is 2.29. The lowest BCUT2D eigenvalue weighted by molar-refractivity contribution is -0.0816. The number of likely N-dealkylation sites (tertiary alicyclic amines) is 1. The van der Waals surface area contributed by atoms with E-state index < -0.39 is 0 Å². The molecular weight excluding hydrogens is 162 g/mol. The molecule has 0 spiro atoms. The first-order chi connectivity index (χ1) is 6.22. The Bertz CT molecular complexity index is 131. The topological polar surface area (TPSA) is 12.5 Å². The summed E-state index contributed by atoms with van der Waals surface area (Å²) in [6.45, 7) is 7.61. The van der Waals surface area contributed by atoms with Gasteiger partial charge in [0.1, 0.15) is 0 Å². The molecule has 1 saturated heterocycles. The number of ether oxygens (including phenoxy) is 1. The summed E-state index contributed by atoms with van der Waals surface area (Å²) in [5, 5.41) is 0. The highest BCUT2D eigenvalue weighted by molar-refractivity contribution is 4.86. The second-order valence-corrected chi connectivity index (χ2v) is 4.17. The van der Waals surface area contributed by atoms with Gasteiger partial charge in [0.2, 0.25) is 0 Å². The number of piperidine rings is 1. The van der Waals surface area contributed by atoms with Crippen LogP contribution >= 0.6 is 0 Å². The minimum Gasteiger partial charge on any atom is -0.375 e. The van der Waals surface area contributed by atoms with Crippen LogP contribution in [-0.4, -0.2) is 37.2 Å². The number of hydrogen-bond acceptors (Lipinski definition) is 2. The van der Waals surface area contributed by atoms with Gasteiger partial charge in [-0.15, -0.1) is 0 Å². The van der Waals surface area contributed by atoms with Crippen molar-refractivity contribution in [2.24, 2.45) is 0 Å². The van der Waals surface area contributed by atoms with Gasteiger partial charge in [-0.3, -0.25) is 0 Å². The molecule has 13 heavy (non-hydrogen) atoms. The van der Waals surface area contributed by atoms with E-state index in [9.17, 15) is 0 Å². The molecule has 0 aromatic rings. The molecule has 1 aliphatic heterocycles. The molecule has 0 bridgehead atoms. The molecule has 2 heteroatoms. The van der Waals surface area contributed by atoms with Crippen LogP contribution in [0.3, 0.4) is 0 Å². The van der Waals surface area contributed by atoms with Crippen LogP contribution in [0.1, 0.15) is 39.5 Å². The summed E-state index contributed by atoms with van der Waals surface area (Å²) in [6.07, 6.45) is 4.90. The van der Waals surface area contributed by atoms with Gasteiger partial charge in [0, 0.05) is 19.7 Å². The number of hydrogen-bond donors (Lipinski definition) is 0. The first kappa shape index (κ1) is 11.0. The largest absolute Gasteiger partial charge is 0.375 e. The van der Waals surface area contributed by atoms with Gasteiger partial charge in [0.05, 0.1) is 5.60 Å². The smallest absolute Gasteiger partial charge is 0.0706 e. The summed E-state index contributed by atoms with van der Waals surface area (Å²) in [6, 6.07) is 0. The molecule has 0 unspecified atom stereocenters. The lowest BCUT2D eigenvalue weighted by Crippen LogP contribution is -2.44. The first-order valence-corrected chi connectivity index (χ1v) is 5.55. The van der Waals surface area contributed by atoms with Crippen LogP contribution in [0.4, 0.5) is 0 Å². The number of nitrogens with zero attached hydrogens (tertiary/aromatic N) is 1. The van der Waals surface area contributed by atoms with Crippen LogP contribution in [0.25, 0.3) is 0 Å². The normalized spacial score (nSPS) is 23.3. The molecule has 0 aromatic heterocycles. The summed E-state index contributed by atoms with van der Waals surface area (Å²) in [5.74, 6) is 0. The van der Waals surface area contributed by atoms with Crippen LogP contribution in [-0.2, 0) is 4.74 Å². The van der Waals surface area contributed by atoms with E-state index in [0.717, 1.165) is 6.61 Å². The maximum atomic E-state index is 5.93. The van der Waals surface area contributed by atoms with E-state index in [1.54, 1.807) is 0 Å². The lowest BCUT2D eigenvalue weighted by Gasteiger charge is -2.40. The standard InChI is InChI=1S/C11H23NO/c1-4-6-11(13-5-2)7-9-12(3)10-8-11/h4-10H2,1-3H3. The van der Waals surface area contributed by atoms with E-state index >= 15 is 0 Å². The van der Waals surface area contributed by atoms with Crippen molar-refractivity contribution in [2.75, 3.05) is 26.7 Å². The zero-order valence-electron chi connectivity index (χ0n) is 9.31. The van der Waals surface area contributed by atoms with Crippen LogP contribution in [0.15, 0.2) is 0 Å². The van der Waals surface area contributed by atoms with Crippen molar-refractivity contribution in [3.8, 4) is 0 Å². The Balaban J connectivity index is 2.47. The van der Waals surface area contributed by atoms with Gasteiger partial charge in [-0.05, 0) is 33.2 Å². The molecule has 78 valence electrons. The maximum Gasteiger partial charge on any atom is 0.0706 e. The van der Waals surface area contributed by atoms with Crippen LogP contribution in [0.5, 0.6) is 0 Å². The minimum absolute atomic E-state index is 0.218. The molecule has 1 heterocycles. The van der Waals surface area contributed by atoms with Gasteiger partial charge in [0.25, 0.3) is 0 Å². The second-order valence-electron chi connectivity index (χ2n) is 4.17. The fourth-order valence-electron chi connectivity index (χ4n) is 2.25. The average Bonchev–Trinajstić information content (AvgIpc) is 2.11. The molecule has 0 atom stereocenters. The lowest BCUT2D eigenvalue weighted by atomic mass is 9.87. The van der Waals surface area contributed by atoms with Gasteiger partial charge in [0.15, 0.2) is 0 Å². The Morgan fingerprint density at radius 2 is 1.85 bits per heavy atom. The third-order valence-corrected chi connectivity index (χ3v) is 3.05. The molecule has 0 aliphatic carbocycles. The molecule has 0 saturated carbocycles. The first-order valence-electron chi connectivity index (χ1n) is 5.55. The van der Waals surface area contributed by atoms with Crippen molar-refractivity contribution in [2.45, 2.75) is 45.1 Å². The number of rotatable bonds is 4. The van der Waals surface area contributed by atoms with Crippen molar-refractivity contribution < 1.29 is 4.74 Å². The Morgan fingerprint density at radius 1 is 1.23 bits per heavy atom. The molecule has 0 aromatic carbocycles. The third kappa shape index (κ3) is 2.96. The third-order valence-electron chi connectivity index (χ3n) is 3.05. The maximum absolute atomic E-state index is 5.93. The molecule has 1 fully saturated rings. The van der Waals surface area contributed by atoms with Crippen LogP contribution < -0.4 is 0 Å². The van der Waals surface area contributed by atoms with E-state index in [1.807, 2.05) is 0 Å². The molecular formula is C11H23NO. The van der Waals surface area contributed by atoms with Gasteiger partial charge in [-0.25, -0.2) is 0 Å². The van der Waals surface area contributed by atoms with Gasteiger partial charge in [-0.2, -0.15) is 0 Å². The van der Waals surface area contributed by atoms with E-state index in [4.69, 9.17) is 4.74 Å². The van der Waals surface area contributed by atoms with Crippen molar-refractivity contribution in [1.82, 2.24) is 4.90 Å². The van der Waals surface area contributed by atoms with E-state index in [0.29, 0.717) is 0 Å². The van der Waals surface area contributed by atoms with Crippen molar-refractivity contribution in [1.29, 1.82) is 0 Å². The molecule has 2 nitrogen and oxygen atoms in total. The summed E-state index contributed by atoms with van der Waals surface area (Å²) in [4.78, 5) is 2.40. The van der Waals surface area contributed by atoms with Gasteiger partial charge < -0.3 is 9.64 Å². The Morgan fingerprint density at radius 3 is 2.31 bits per heavy atom. The van der Waals surface area contributed by atoms with Gasteiger partial charge in [-0.1, -0.05) is 13.3 Å². The molecule has 0 radical (unpaired) electrons. The second kappa shape index (κ2) is 4.97. The van der Waals surface area contributed by atoms with Crippen LogP contribution in [0.2, 0.25) is 0 Å². The Labute approximate surface area is 82.3 Å². The molecule has 1 aliphatic rings. The fraction of sp³-hybridized carbons (Fsp3) is 1.00. The summed E-state index contributed by atoms with van der Waals surface area (Å²) >= 11 is 0. The highest BCUT2D eigenvalue weighted by atomic mass is 16.5. The van der Waals surface area contributed by atoms with E-state index in [2.05, 4.69) is 25.8 Å². The highest BCUT2D eigenvalue weighted by Gasteiger charge is 2.32. The van der Waals surface area contributed by atoms with Crippen molar-refractivity contribution in [3.63, 3.8) is 0 Å². The van der Waals surface area contributed by atoms with Gasteiger partial charge >= 0.3 is 0 Å². The fourth-order valence-corrected chi connectivity index (χ4v) is 2.25. The monoisotopic (exact) mass is 185 g/mol. The molecule has 0 N–H and O–H groups in total.